The van der Waals surface area contributed by atoms with Gasteiger partial charge in [0, 0.05) is 6.15 Å². The van der Waals surface area contributed by atoms with Crippen LogP contribution in [0.1, 0.15) is 18.4 Å². The van der Waals surface area contributed by atoms with Crippen LogP contribution in [0.15, 0.2) is 30.3 Å². The Kier molecular flexibility index (Phi) is 3.95. The van der Waals surface area contributed by atoms with Gasteiger partial charge >= 0.3 is 5.97 Å². The van der Waals surface area contributed by atoms with Crippen LogP contribution in [0.25, 0.3) is 0 Å². The van der Waals surface area contributed by atoms with Gasteiger partial charge in [0.25, 0.3) is 0 Å². The zero-order chi connectivity index (χ0) is 8.27. The van der Waals surface area contributed by atoms with Gasteiger partial charge in [-0.2, -0.15) is 0 Å². The Labute approximate surface area is 71.6 Å². The van der Waals surface area contributed by atoms with Crippen LogP contribution in [0.5, 0.6) is 0 Å². The minimum Gasteiger partial charge on any atom is -0.481 e. The zero-order valence-electron chi connectivity index (χ0n) is 6.67. The molecule has 66 valence electrons. The summed E-state index contributed by atoms with van der Waals surface area (Å²) >= 11 is 0. The van der Waals surface area contributed by atoms with Crippen LogP contribution in [0, 0.1) is 6.15 Å². The summed E-state index contributed by atoms with van der Waals surface area (Å²) in [6, 6.07) is 9.19. The standard InChI is InChI=1S/C9H10O2.Ne/c1-7(9(10)11)8-5-3-2-4-6-8;/h2-7H,1H3,(H,10,11);. The van der Waals surface area contributed by atoms with Crippen molar-refractivity contribution in [3.8, 4) is 0 Å². The van der Waals surface area contributed by atoms with E-state index in [1.807, 2.05) is 30.3 Å². The molecule has 0 saturated carbocycles. The van der Waals surface area contributed by atoms with Gasteiger partial charge in [-0.05, 0) is 12.5 Å². The largest absolute Gasteiger partial charge is 0.481 e. The number of aliphatic carboxylic acids is 1. The van der Waals surface area contributed by atoms with Crippen molar-refractivity contribution in [3.05, 3.63) is 35.9 Å². The summed E-state index contributed by atoms with van der Waals surface area (Å²) < 4.78 is 0. The Hall–Kier alpha value is -1.40. The van der Waals surface area contributed by atoms with Crippen molar-refractivity contribution in [2.45, 2.75) is 12.8 Å². The van der Waals surface area contributed by atoms with Gasteiger partial charge in [-0.3, -0.25) is 4.79 Å². The van der Waals surface area contributed by atoms with Gasteiger partial charge in [-0.1, -0.05) is 30.3 Å². The van der Waals surface area contributed by atoms with E-state index in [-0.39, 0.29) is 6.15 Å². The second-order valence-corrected chi connectivity index (χ2v) is 2.47. The van der Waals surface area contributed by atoms with Gasteiger partial charge < -0.3 is 5.11 Å². The van der Waals surface area contributed by atoms with E-state index >= 15 is 0 Å². The number of hydrogen-bond acceptors (Lipinski definition) is 1. The zero-order valence-corrected chi connectivity index (χ0v) is 6.67. The van der Waals surface area contributed by atoms with Crippen LogP contribution in [0.4, 0.5) is 0 Å². The summed E-state index contributed by atoms with van der Waals surface area (Å²) in [6.07, 6.45) is 0. The summed E-state index contributed by atoms with van der Waals surface area (Å²) in [7, 11) is 0. The van der Waals surface area contributed by atoms with Crippen molar-refractivity contribution >= 4 is 5.97 Å². The molecule has 0 amide bonds. The maximum Gasteiger partial charge on any atom is 0.310 e. The fraction of sp³-hybridized carbons (Fsp3) is 0.222. The summed E-state index contributed by atoms with van der Waals surface area (Å²) in [5.41, 5.74) is 0.847. The molecule has 2 nitrogen and oxygen atoms in total. The smallest absolute Gasteiger partial charge is 0.310 e. The van der Waals surface area contributed by atoms with Gasteiger partial charge in [0.05, 0.1) is 5.92 Å². The number of carboxylic acids is 1. The molecule has 0 aliphatic heterocycles. The molecule has 1 aromatic carbocycles. The van der Waals surface area contributed by atoms with E-state index in [4.69, 9.17) is 5.11 Å². The predicted molar refractivity (Wildman–Crippen MR) is 42.5 cm³/mol. The molecule has 0 radical (unpaired) electrons. The molecular weight excluding hydrogens is 160 g/mol. The molecule has 3 heteroatoms. The number of carboxylic acid groups (broad SMARTS) is 1. The topological polar surface area (TPSA) is 37.3 Å². The Bertz CT molecular complexity index is 246. The van der Waals surface area contributed by atoms with Crippen molar-refractivity contribution in [2.75, 3.05) is 0 Å². The second kappa shape index (κ2) is 4.47. The third-order valence-corrected chi connectivity index (χ3v) is 1.67. The van der Waals surface area contributed by atoms with E-state index in [1.165, 1.54) is 0 Å². The molecule has 1 atom stereocenters. The maximum atomic E-state index is 10.5. The van der Waals surface area contributed by atoms with Gasteiger partial charge in [0.2, 0.25) is 0 Å². The SMILES string of the molecule is CC(C(=O)O)c1ccccc1.[Ne]. The first-order valence-electron chi connectivity index (χ1n) is 3.49. The molecule has 0 saturated heterocycles. The minimum atomic E-state index is -0.781. The third kappa shape index (κ3) is 2.33. The van der Waals surface area contributed by atoms with E-state index < -0.39 is 11.9 Å². The summed E-state index contributed by atoms with van der Waals surface area (Å²) in [6.45, 7) is 1.68. The monoisotopic (exact) mass is 170 g/mol. The molecule has 0 fully saturated rings. The number of benzene rings is 1. The molecule has 0 heterocycles. The molecule has 0 aliphatic rings. The molecule has 12 heavy (non-hydrogen) atoms. The predicted octanol–water partition coefficient (Wildman–Crippen LogP) is 1.87. The number of rotatable bonds is 2. The first-order chi connectivity index (χ1) is 5.22. The van der Waals surface area contributed by atoms with Crippen LogP contribution >= 0.6 is 0 Å². The fourth-order valence-electron chi connectivity index (χ4n) is 0.884. The molecule has 0 aromatic heterocycles. The third-order valence-electron chi connectivity index (χ3n) is 1.67. The average Bonchev–Trinajstić information content (AvgIpc) is 2.05. The second-order valence-electron chi connectivity index (χ2n) is 2.47. The van der Waals surface area contributed by atoms with Gasteiger partial charge in [-0.25, -0.2) is 0 Å². The Morgan fingerprint density at radius 2 is 1.83 bits per heavy atom. The van der Waals surface area contributed by atoms with Crippen LogP contribution < -0.4 is 0 Å². The van der Waals surface area contributed by atoms with Crippen molar-refractivity contribution in [3.63, 3.8) is 0 Å². The van der Waals surface area contributed by atoms with Crippen molar-refractivity contribution in [1.82, 2.24) is 0 Å². The summed E-state index contributed by atoms with van der Waals surface area (Å²) in [4.78, 5) is 10.5. The van der Waals surface area contributed by atoms with E-state index in [0.717, 1.165) is 5.56 Å². The van der Waals surface area contributed by atoms with Gasteiger partial charge in [0.1, 0.15) is 0 Å². The molecule has 1 rings (SSSR count). The Morgan fingerprint density at radius 1 is 1.33 bits per heavy atom. The van der Waals surface area contributed by atoms with Crippen LogP contribution in [-0.4, -0.2) is 11.1 Å². The summed E-state index contributed by atoms with van der Waals surface area (Å²) in [5.74, 6) is -1.19. The van der Waals surface area contributed by atoms with E-state index in [2.05, 4.69) is 0 Å². The molecule has 0 aliphatic carbocycles. The molecule has 1 N–H and O–H groups in total. The van der Waals surface area contributed by atoms with Crippen molar-refractivity contribution in [2.24, 2.45) is 0 Å². The molecular formula is C9H10NeO2. The first-order valence-corrected chi connectivity index (χ1v) is 3.49. The summed E-state index contributed by atoms with van der Waals surface area (Å²) in [5, 5.41) is 8.64. The maximum absolute atomic E-state index is 10.5. The number of hydrogen-bond donors (Lipinski definition) is 1. The van der Waals surface area contributed by atoms with Gasteiger partial charge in [0.15, 0.2) is 0 Å². The molecule has 0 bridgehead atoms. The van der Waals surface area contributed by atoms with Gasteiger partial charge in [-0.15, -0.1) is 0 Å². The van der Waals surface area contributed by atoms with Crippen molar-refractivity contribution in [1.29, 1.82) is 0 Å². The number of carbonyl (C=O) groups is 1. The van der Waals surface area contributed by atoms with Crippen molar-refractivity contribution < 1.29 is 16.1 Å². The normalized spacial score (nSPS) is 11.4. The Morgan fingerprint density at radius 3 is 2.25 bits per heavy atom. The molecule has 1 aromatic rings. The fourth-order valence-corrected chi connectivity index (χ4v) is 0.884. The quantitative estimate of drug-likeness (QED) is 0.736. The van der Waals surface area contributed by atoms with Crippen LogP contribution in [-0.2, 0) is 4.79 Å². The van der Waals surface area contributed by atoms with E-state index in [0.29, 0.717) is 0 Å². The van der Waals surface area contributed by atoms with E-state index in [9.17, 15) is 4.79 Å². The molecule has 0 spiro atoms. The minimum absolute atomic E-state index is 0. The molecule has 1 unspecified atom stereocenters. The average molecular weight is 170 g/mol. The van der Waals surface area contributed by atoms with E-state index in [1.54, 1.807) is 6.92 Å². The van der Waals surface area contributed by atoms with Crippen LogP contribution in [0.2, 0.25) is 0 Å². The van der Waals surface area contributed by atoms with Crippen LogP contribution in [0.3, 0.4) is 0 Å². The first kappa shape index (κ1) is 10.6. The Balaban J connectivity index is 0.00000121.